The number of carboxylic acids is 1. The zero-order chi connectivity index (χ0) is 15.3. The number of rotatable bonds is 6. The highest BCUT2D eigenvalue weighted by atomic mass is 16.4. The highest BCUT2D eigenvalue weighted by molar-refractivity contribution is 5.94. The second-order valence-corrected chi connectivity index (χ2v) is 4.89. The first kappa shape index (κ1) is 16.2. The number of hydrogen-bond acceptors (Lipinski definition) is 3. The Morgan fingerprint density at radius 1 is 1.30 bits per heavy atom. The van der Waals surface area contributed by atoms with Gasteiger partial charge in [0, 0.05) is 5.69 Å². The summed E-state index contributed by atoms with van der Waals surface area (Å²) in [5.41, 5.74) is 2.79. The van der Waals surface area contributed by atoms with Crippen molar-refractivity contribution in [2.75, 3.05) is 18.4 Å². The van der Waals surface area contributed by atoms with Gasteiger partial charge in [-0.05, 0) is 38.4 Å². The van der Waals surface area contributed by atoms with Crippen LogP contribution < -0.4 is 5.32 Å². The molecule has 0 fully saturated rings. The van der Waals surface area contributed by atoms with Crippen molar-refractivity contribution in [3.05, 3.63) is 29.3 Å². The Balaban J connectivity index is 2.74. The van der Waals surface area contributed by atoms with E-state index in [-0.39, 0.29) is 12.5 Å². The summed E-state index contributed by atoms with van der Waals surface area (Å²) in [6, 6.07) is 5.12. The first-order chi connectivity index (χ1) is 9.36. The Bertz CT molecular complexity index is 480. The average molecular weight is 278 g/mol. The van der Waals surface area contributed by atoms with Crippen LogP contribution in [0.3, 0.4) is 0 Å². The van der Waals surface area contributed by atoms with Gasteiger partial charge in [0.2, 0.25) is 5.91 Å². The van der Waals surface area contributed by atoms with E-state index in [1.165, 1.54) is 0 Å². The fourth-order valence-electron chi connectivity index (χ4n) is 2.05. The highest BCUT2D eigenvalue weighted by Gasteiger charge is 2.21. The number of likely N-dealkylation sites (N-methyl/N-ethyl adjacent to an activating group) is 1. The minimum absolute atomic E-state index is 0.0672. The summed E-state index contributed by atoms with van der Waals surface area (Å²) in [5, 5.41) is 11.9. The molecule has 110 valence electrons. The summed E-state index contributed by atoms with van der Waals surface area (Å²) in [4.78, 5) is 24.7. The van der Waals surface area contributed by atoms with E-state index in [9.17, 15) is 9.59 Å². The molecule has 1 rings (SSSR count). The number of amides is 1. The molecule has 5 heteroatoms. The number of hydrogen-bond donors (Lipinski definition) is 2. The lowest BCUT2D eigenvalue weighted by Crippen LogP contribution is -2.43. The van der Waals surface area contributed by atoms with Crippen molar-refractivity contribution in [3.63, 3.8) is 0 Å². The minimum atomic E-state index is -0.924. The third kappa shape index (κ3) is 4.06. The molecule has 0 bridgehead atoms. The molecule has 1 aromatic rings. The van der Waals surface area contributed by atoms with Crippen LogP contribution in [0.2, 0.25) is 0 Å². The second-order valence-electron chi connectivity index (χ2n) is 4.89. The summed E-state index contributed by atoms with van der Waals surface area (Å²) < 4.78 is 0. The van der Waals surface area contributed by atoms with Crippen LogP contribution in [0.25, 0.3) is 0 Å². The van der Waals surface area contributed by atoms with E-state index in [0.717, 1.165) is 16.8 Å². The molecule has 0 aromatic heterocycles. The SMILES string of the molecule is CCN(CC(=O)Nc1c(C)cccc1C)C(C)C(=O)O. The molecule has 1 unspecified atom stereocenters. The molecule has 0 aliphatic rings. The lowest BCUT2D eigenvalue weighted by molar-refractivity contribution is -0.142. The van der Waals surface area contributed by atoms with E-state index < -0.39 is 12.0 Å². The van der Waals surface area contributed by atoms with Crippen LogP contribution in [0.5, 0.6) is 0 Å². The van der Waals surface area contributed by atoms with E-state index in [2.05, 4.69) is 5.32 Å². The van der Waals surface area contributed by atoms with Gasteiger partial charge in [0.1, 0.15) is 6.04 Å². The van der Waals surface area contributed by atoms with Crippen LogP contribution in [0.4, 0.5) is 5.69 Å². The van der Waals surface area contributed by atoms with E-state index >= 15 is 0 Å². The maximum Gasteiger partial charge on any atom is 0.320 e. The molecule has 2 N–H and O–H groups in total. The Kier molecular flexibility index (Phi) is 5.70. The zero-order valence-corrected chi connectivity index (χ0v) is 12.4. The number of aliphatic carboxylic acids is 1. The minimum Gasteiger partial charge on any atom is -0.480 e. The van der Waals surface area contributed by atoms with Crippen LogP contribution in [0.15, 0.2) is 18.2 Å². The third-order valence-electron chi connectivity index (χ3n) is 3.40. The Hall–Kier alpha value is -1.88. The lowest BCUT2D eigenvalue weighted by atomic mass is 10.1. The van der Waals surface area contributed by atoms with Gasteiger partial charge in [-0.1, -0.05) is 25.1 Å². The van der Waals surface area contributed by atoms with Crippen molar-refractivity contribution >= 4 is 17.6 Å². The highest BCUT2D eigenvalue weighted by Crippen LogP contribution is 2.19. The van der Waals surface area contributed by atoms with Crippen molar-refractivity contribution in [3.8, 4) is 0 Å². The molecule has 1 amide bonds. The smallest absolute Gasteiger partial charge is 0.320 e. The number of anilines is 1. The van der Waals surface area contributed by atoms with Gasteiger partial charge in [0.15, 0.2) is 0 Å². The van der Waals surface area contributed by atoms with Gasteiger partial charge in [0.25, 0.3) is 0 Å². The van der Waals surface area contributed by atoms with Gasteiger partial charge in [-0.25, -0.2) is 0 Å². The van der Waals surface area contributed by atoms with Crippen molar-refractivity contribution in [1.29, 1.82) is 0 Å². The molecule has 0 saturated carbocycles. The molecule has 0 aliphatic heterocycles. The maximum atomic E-state index is 12.1. The standard InChI is InChI=1S/C15H22N2O3/c1-5-17(12(4)15(19)20)9-13(18)16-14-10(2)7-6-8-11(14)3/h6-8,12H,5,9H2,1-4H3,(H,16,18)(H,19,20). The average Bonchev–Trinajstić information content (AvgIpc) is 2.39. The molecule has 0 spiro atoms. The third-order valence-corrected chi connectivity index (χ3v) is 3.40. The number of carboxylic acid groups (broad SMARTS) is 1. The summed E-state index contributed by atoms with van der Waals surface area (Å²) in [6.07, 6.45) is 0. The molecular weight excluding hydrogens is 256 g/mol. The van der Waals surface area contributed by atoms with Crippen LogP contribution >= 0.6 is 0 Å². The van der Waals surface area contributed by atoms with Gasteiger partial charge in [0.05, 0.1) is 6.54 Å². The fraction of sp³-hybridized carbons (Fsp3) is 0.467. The van der Waals surface area contributed by atoms with Crippen LogP contribution in [-0.2, 0) is 9.59 Å². The van der Waals surface area contributed by atoms with E-state index in [0.29, 0.717) is 6.54 Å². The second kappa shape index (κ2) is 7.05. The molecule has 0 radical (unpaired) electrons. The predicted molar refractivity (Wildman–Crippen MR) is 78.9 cm³/mol. The molecule has 0 aliphatic carbocycles. The number of carbonyl (C=O) groups excluding carboxylic acids is 1. The maximum absolute atomic E-state index is 12.1. The Labute approximate surface area is 119 Å². The van der Waals surface area contributed by atoms with Crippen molar-refractivity contribution in [2.45, 2.75) is 33.7 Å². The monoisotopic (exact) mass is 278 g/mol. The normalized spacial score (nSPS) is 12.2. The van der Waals surface area contributed by atoms with Crippen LogP contribution in [-0.4, -0.2) is 41.0 Å². The first-order valence-corrected chi connectivity index (χ1v) is 6.69. The van der Waals surface area contributed by atoms with Crippen molar-refractivity contribution < 1.29 is 14.7 Å². The van der Waals surface area contributed by atoms with Crippen LogP contribution in [0.1, 0.15) is 25.0 Å². The summed E-state index contributed by atoms with van der Waals surface area (Å²) in [7, 11) is 0. The lowest BCUT2D eigenvalue weighted by Gasteiger charge is -2.24. The number of benzene rings is 1. The molecule has 1 aromatic carbocycles. The van der Waals surface area contributed by atoms with Crippen molar-refractivity contribution in [2.24, 2.45) is 0 Å². The first-order valence-electron chi connectivity index (χ1n) is 6.69. The summed E-state index contributed by atoms with van der Waals surface area (Å²) in [5.74, 6) is -1.12. The summed E-state index contributed by atoms with van der Waals surface area (Å²) in [6.45, 7) is 7.86. The largest absolute Gasteiger partial charge is 0.480 e. The van der Waals surface area contributed by atoms with Gasteiger partial charge in [-0.3, -0.25) is 14.5 Å². The molecule has 5 nitrogen and oxygen atoms in total. The molecule has 0 saturated heterocycles. The van der Waals surface area contributed by atoms with Crippen molar-refractivity contribution in [1.82, 2.24) is 4.90 Å². The zero-order valence-electron chi connectivity index (χ0n) is 12.4. The quantitative estimate of drug-likeness (QED) is 0.835. The number of para-hydroxylation sites is 1. The number of nitrogens with one attached hydrogen (secondary N) is 1. The van der Waals surface area contributed by atoms with E-state index in [1.54, 1.807) is 11.8 Å². The van der Waals surface area contributed by atoms with Gasteiger partial charge < -0.3 is 10.4 Å². The topological polar surface area (TPSA) is 69.6 Å². The van der Waals surface area contributed by atoms with E-state index in [1.807, 2.05) is 39.0 Å². The number of aryl methyl sites for hydroxylation is 2. The van der Waals surface area contributed by atoms with Gasteiger partial charge in [-0.15, -0.1) is 0 Å². The number of carbonyl (C=O) groups is 2. The summed E-state index contributed by atoms with van der Waals surface area (Å²) >= 11 is 0. The fourth-order valence-corrected chi connectivity index (χ4v) is 2.05. The van der Waals surface area contributed by atoms with E-state index in [4.69, 9.17) is 5.11 Å². The van der Waals surface area contributed by atoms with Gasteiger partial charge in [-0.2, -0.15) is 0 Å². The molecule has 20 heavy (non-hydrogen) atoms. The Morgan fingerprint density at radius 3 is 2.30 bits per heavy atom. The Morgan fingerprint density at radius 2 is 1.85 bits per heavy atom. The molecular formula is C15H22N2O3. The predicted octanol–water partition coefficient (Wildman–Crippen LogP) is 2.04. The number of nitrogens with zero attached hydrogens (tertiary/aromatic N) is 1. The van der Waals surface area contributed by atoms with Crippen LogP contribution in [0, 0.1) is 13.8 Å². The van der Waals surface area contributed by atoms with Gasteiger partial charge >= 0.3 is 5.97 Å². The molecule has 1 atom stereocenters. The molecule has 0 heterocycles.